The standard InChI is InChI=1S/C31H15N9.C15H21N6O5S2.CH5NO2S.CH4O3S.CH4.Cu.3Li.O3S/c1-2-9-17-16(8-1)24-33-25(17)35-27-20-12-5-6-13-21(20)29(37-27)39-31-23-22(14-7-15-32-23)30(40-31)38-28-19-11-4-3-10-18(19)26(34-24)36-28;1-21(2)14-10-13(18-11-5-4-6-12(9-11)28(24,25)26)19-15(20-14)16-7-8-17-27(3,22)23;2*1-5(2,3)4;;;;;;1-4(2)3/h1-15H;4,6,9-10,17H,7-8H2,1-3H3,(H,24,25,26)(H2,16,18,19,20);1H3,(H2,2,3,4);1H3,(H,2,3,4);1H4;;;;;/q-2;-1;;;;+2;3*+1;/p-2. The first kappa shape index (κ1) is 76.5. The van der Waals surface area contributed by atoms with Crippen LogP contribution in [0, 0.1) is 6.07 Å². The van der Waals surface area contributed by atoms with Crippen molar-refractivity contribution in [3.63, 3.8) is 0 Å². The van der Waals surface area contributed by atoms with Gasteiger partial charge in [-0.1, -0.05) is 90.8 Å². The normalized spacial score (nSPS) is 10.9. The molecule has 0 unspecified atom stereocenters. The molecule has 0 aliphatic carbocycles. The van der Waals surface area contributed by atoms with Crippen LogP contribution >= 0.6 is 0 Å². The minimum absolute atomic E-state index is 0. The number of hydrogen-bond donors (Lipinski definition) is 4. The van der Waals surface area contributed by atoms with Gasteiger partial charge in [-0.2, -0.15) is 28.2 Å². The van der Waals surface area contributed by atoms with Crippen molar-refractivity contribution >= 4 is 118 Å². The van der Waals surface area contributed by atoms with Gasteiger partial charge in [-0.05, 0) is 33.7 Å². The molecule has 5 N–H and O–H groups in total. The zero-order chi connectivity index (χ0) is 59.7. The van der Waals surface area contributed by atoms with Gasteiger partial charge in [0.1, 0.15) is 33.3 Å². The van der Waals surface area contributed by atoms with Crippen molar-refractivity contribution in [2.24, 2.45) is 5.14 Å². The van der Waals surface area contributed by atoms with E-state index < -0.39 is 50.9 Å². The van der Waals surface area contributed by atoms with E-state index in [0.29, 0.717) is 69.5 Å². The fourth-order valence-corrected chi connectivity index (χ4v) is 8.33. The van der Waals surface area contributed by atoms with E-state index in [1.165, 1.54) is 6.07 Å². The largest absolute Gasteiger partial charge is 2.00 e. The number of sulfonamides is 2. The molecule has 4 aromatic carbocycles. The van der Waals surface area contributed by atoms with E-state index in [4.69, 9.17) is 65.5 Å². The van der Waals surface area contributed by atoms with Crippen molar-refractivity contribution < 1.29 is 129 Å². The molecule has 7 heterocycles. The molecule has 0 atom stereocenters. The van der Waals surface area contributed by atoms with Crippen molar-refractivity contribution in [2.45, 2.75) is 12.3 Å². The Labute approximate surface area is 548 Å². The number of fused-ring (bicyclic) bond motifs is 20. The van der Waals surface area contributed by atoms with Gasteiger partial charge in [0.15, 0.2) is 0 Å². The van der Waals surface area contributed by atoms with Crippen LogP contribution < -0.4 is 91.9 Å². The third-order valence-corrected chi connectivity index (χ3v) is 12.0. The van der Waals surface area contributed by atoms with Gasteiger partial charge in [0.05, 0.1) is 40.1 Å². The molecule has 29 nitrogen and oxygen atoms in total. The van der Waals surface area contributed by atoms with Gasteiger partial charge in [0.25, 0.3) is 0 Å². The van der Waals surface area contributed by atoms with Crippen LogP contribution in [0.1, 0.15) is 7.43 Å². The summed E-state index contributed by atoms with van der Waals surface area (Å²) >= 11 is 0. The van der Waals surface area contributed by atoms with E-state index in [-0.39, 0.29) is 111 Å². The molecule has 9 aromatic rings. The third-order valence-electron chi connectivity index (χ3n) is 10.4. The third kappa shape index (κ3) is 22.5. The number of nitrogens with two attached hydrogens (primary N) is 1. The summed E-state index contributed by atoms with van der Waals surface area (Å²) in [6.45, 7) is 0.397. The summed E-state index contributed by atoms with van der Waals surface area (Å²) in [6, 6.07) is 35.6. The molecule has 0 saturated heterocycles. The Balaban J connectivity index is 0.000000483. The van der Waals surface area contributed by atoms with Gasteiger partial charge in [-0.3, -0.25) is 4.98 Å². The number of anilines is 4. The minimum Gasteiger partial charge on any atom is -0.748 e. The van der Waals surface area contributed by atoms with Crippen molar-refractivity contribution in [1.29, 1.82) is 0 Å². The zero-order valence-corrected chi connectivity index (χ0v) is 51.5. The summed E-state index contributed by atoms with van der Waals surface area (Å²) < 4.78 is 129. The smallest absolute Gasteiger partial charge is 0.748 e. The van der Waals surface area contributed by atoms with Gasteiger partial charge in [0, 0.05) is 85.0 Å². The second-order valence-corrected chi connectivity index (χ2v) is 23.9. The van der Waals surface area contributed by atoms with Crippen LogP contribution in [0.25, 0.3) is 89.8 Å². The first-order valence-electron chi connectivity index (χ1n) is 23.1. The number of primary sulfonamides is 1. The van der Waals surface area contributed by atoms with E-state index in [2.05, 4.69) is 41.5 Å². The predicted molar refractivity (Wildman–Crippen MR) is 307 cm³/mol. The molecule has 2 aliphatic heterocycles. The number of nitrogens with one attached hydrogen (secondary N) is 3. The molecular formula is C49H47CuLi3N16O13S5. The van der Waals surface area contributed by atoms with Crippen LogP contribution in [0.2, 0.25) is 0 Å². The molecule has 8 bridgehead atoms. The Morgan fingerprint density at radius 3 is 1.45 bits per heavy atom. The minimum atomic E-state index is -4.59. The van der Waals surface area contributed by atoms with Gasteiger partial charge in [-0.15, -0.1) is 18.7 Å². The molecule has 5 aromatic heterocycles. The fourth-order valence-electron chi connectivity index (χ4n) is 7.36. The first-order valence-corrected chi connectivity index (χ1v) is 31.1. The second kappa shape index (κ2) is 32.6. The zero-order valence-electron chi connectivity index (χ0n) is 46.5. The molecule has 38 heteroatoms. The Bertz CT molecular complexity index is 4320. The quantitative estimate of drug-likeness (QED) is 0.0453. The molecular weight excluding hydrogens is 1270 g/mol. The number of nitrogens with zero attached hydrogens (tertiary/aromatic N) is 12. The molecule has 2 aliphatic rings. The first-order chi connectivity index (χ1) is 38.5. The van der Waals surface area contributed by atoms with E-state index in [1.807, 2.05) is 84.9 Å². The van der Waals surface area contributed by atoms with E-state index in [9.17, 15) is 29.8 Å². The SMILES string of the molecule is C.CN(C)c1cc(Nc2[c-]ccc(S(=O)(=O)[O-])c2)nc(NCCNS(C)(=O)=O)n1.CS(=O)(=O)[O-].CS(N)(=O)=O.O=S(=O)=O.[Cu+2].[Li+].[Li+].[Li+].c1ccc2c(c1)-c1nc-2nc2[n-]c(nc3nc(nc4[n-]c(n1)c1ccccc41)-c1cccnc1-3)c1ccccc21. The van der Waals surface area contributed by atoms with Crippen LogP contribution in [-0.4, -0.2) is 146 Å². The molecule has 11 rings (SSSR count). The van der Waals surface area contributed by atoms with Crippen molar-refractivity contribution in [2.75, 3.05) is 61.5 Å². The van der Waals surface area contributed by atoms with Gasteiger partial charge >= 0.3 is 84.3 Å². The van der Waals surface area contributed by atoms with Crippen molar-refractivity contribution in [3.8, 4) is 45.7 Å². The Morgan fingerprint density at radius 2 is 1.01 bits per heavy atom. The molecule has 0 saturated carbocycles. The van der Waals surface area contributed by atoms with E-state index >= 15 is 0 Å². The fraction of sp³-hybridized carbons (Fsp3) is 0.163. The number of hydrogen-bond acceptors (Lipinski definition) is 25. The van der Waals surface area contributed by atoms with Crippen LogP contribution in [0.5, 0.6) is 0 Å². The summed E-state index contributed by atoms with van der Waals surface area (Å²) in [6.07, 6.45) is 4.33. The number of aromatic nitrogens is 11. The molecule has 0 fully saturated rings. The van der Waals surface area contributed by atoms with Crippen molar-refractivity contribution in [3.05, 3.63) is 121 Å². The average Bonchev–Trinajstić information content (AvgIpc) is 1.69. The van der Waals surface area contributed by atoms with Gasteiger partial charge in [0.2, 0.25) is 26.0 Å². The van der Waals surface area contributed by atoms with Gasteiger partial charge in [-0.25, -0.2) is 53.5 Å². The summed E-state index contributed by atoms with van der Waals surface area (Å²) in [4.78, 5) is 53.5. The number of pyridine rings is 1. The molecule has 0 amide bonds. The summed E-state index contributed by atoms with van der Waals surface area (Å²) in [7, 11) is -14.5. The predicted octanol–water partition coefficient (Wildman–Crippen LogP) is -5.82. The maximum Gasteiger partial charge on any atom is 2.00 e. The topological polar surface area (TPSA) is 443 Å². The van der Waals surface area contributed by atoms with Crippen molar-refractivity contribution in [1.82, 2.24) is 59.5 Å². The maximum absolute atomic E-state index is 11.2. The van der Waals surface area contributed by atoms with Crippen LogP contribution in [0.4, 0.5) is 23.3 Å². The molecule has 87 heavy (non-hydrogen) atoms. The van der Waals surface area contributed by atoms with Crippen LogP contribution in [0.15, 0.2) is 120 Å². The molecule has 445 valence electrons. The number of rotatable bonds is 9. The van der Waals surface area contributed by atoms with E-state index in [0.717, 1.165) is 62.9 Å². The average molecular weight is 1310 g/mol. The molecule has 1 radical (unpaired) electrons. The maximum atomic E-state index is 11.2. The summed E-state index contributed by atoms with van der Waals surface area (Å²) in [5.74, 6) is 3.12. The molecule has 0 spiro atoms. The Hall–Kier alpha value is -6.56. The monoisotopic (exact) mass is 1310 g/mol. The van der Waals surface area contributed by atoms with Crippen LogP contribution in [0.3, 0.4) is 0 Å². The Kier molecular flexibility index (Phi) is 28.7. The Morgan fingerprint density at radius 1 is 0.598 bits per heavy atom. The van der Waals surface area contributed by atoms with Gasteiger partial charge < -0.3 is 54.5 Å². The van der Waals surface area contributed by atoms with E-state index in [1.54, 1.807) is 31.3 Å². The van der Waals surface area contributed by atoms with Crippen LogP contribution in [-0.2, 0) is 68.0 Å². The number of benzene rings is 4. The second-order valence-electron chi connectivity index (χ2n) is 17.2. The summed E-state index contributed by atoms with van der Waals surface area (Å²) in [5.41, 5.74) is 5.54. The summed E-state index contributed by atoms with van der Waals surface area (Å²) in [5, 5.41) is 13.6.